The Morgan fingerprint density at radius 2 is 0.667 bits per heavy atom. The highest BCUT2D eigenvalue weighted by molar-refractivity contribution is 5.88. The standard InChI is InChI=1S/C51H38/c1-51(2)49-33-45(41-21-15-35(16-22-41)11-13-37-19-25-39-7-3-5-9-43(39)31-37)27-29-47(49)48-30-28-46(34-50(48)51)42-23-17-36(18-24-42)12-14-38-20-26-40-8-4-6-10-44(40)32-38/h3-34H,1-2H3. The van der Waals surface area contributed by atoms with E-state index in [0.717, 1.165) is 0 Å². The fraction of sp³-hybridized carbons (Fsp3) is 0.0588. The Labute approximate surface area is 300 Å². The van der Waals surface area contributed by atoms with Crippen LogP contribution in [0.3, 0.4) is 0 Å². The summed E-state index contributed by atoms with van der Waals surface area (Å²) in [4.78, 5) is 0. The Bertz CT molecular complexity index is 2440. The van der Waals surface area contributed by atoms with Gasteiger partial charge >= 0.3 is 0 Å². The van der Waals surface area contributed by atoms with Crippen molar-refractivity contribution in [2.24, 2.45) is 0 Å². The minimum absolute atomic E-state index is 0.0955. The molecule has 8 aromatic carbocycles. The van der Waals surface area contributed by atoms with Gasteiger partial charge in [-0.3, -0.25) is 0 Å². The Hall–Kier alpha value is -6.24. The third-order valence-electron chi connectivity index (χ3n) is 10.6. The van der Waals surface area contributed by atoms with Gasteiger partial charge in [-0.05, 0) is 113 Å². The van der Waals surface area contributed by atoms with Gasteiger partial charge in [0.2, 0.25) is 0 Å². The Morgan fingerprint density at radius 3 is 1.10 bits per heavy atom. The lowest BCUT2D eigenvalue weighted by Crippen LogP contribution is -2.15. The lowest BCUT2D eigenvalue weighted by molar-refractivity contribution is 0.661. The van der Waals surface area contributed by atoms with Crippen LogP contribution >= 0.6 is 0 Å². The van der Waals surface area contributed by atoms with Crippen molar-refractivity contribution in [2.45, 2.75) is 19.3 Å². The molecule has 0 aliphatic heterocycles. The number of fused-ring (bicyclic) bond motifs is 5. The summed E-state index contributed by atoms with van der Waals surface area (Å²) in [5.41, 5.74) is 15.2. The molecule has 8 aromatic rings. The van der Waals surface area contributed by atoms with Gasteiger partial charge in [-0.2, -0.15) is 0 Å². The molecule has 0 spiro atoms. The molecule has 0 radical (unpaired) electrons. The van der Waals surface area contributed by atoms with Crippen LogP contribution in [-0.2, 0) is 5.41 Å². The third-order valence-corrected chi connectivity index (χ3v) is 10.6. The van der Waals surface area contributed by atoms with E-state index in [1.54, 1.807) is 0 Å². The first-order valence-electron chi connectivity index (χ1n) is 17.8. The van der Waals surface area contributed by atoms with Crippen LogP contribution in [0.4, 0.5) is 0 Å². The van der Waals surface area contributed by atoms with Crippen LogP contribution in [0, 0.1) is 0 Å². The Morgan fingerprint density at radius 1 is 0.314 bits per heavy atom. The van der Waals surface area contributed by atoms with E-state index in [2.05, 4.69) is 208 Å². The van der Waals surface area contributed by atoms with Crippen LogP contribution in [0.5, 0.6) is 0 Å². The third kappa shape index (κ3) is 5.90. The van der Waals surface area contributed by atoms with Crippen molar-refractivity contribution in [3.05, 3.63) is 203 Å². The number of hydrogen-bond acceptors (Lipinski definition) is 0. The Balaban J connectivity index is 0.925. The zero-order chi connectivity index (χ0) is 34.4. The molecule has 242 valence electrons. The van der Waals surface area contributed by atoms with Gasteiger partial charge in [0.05, 0.1) is 0 Å². The lowest BCUT2D eigenvalue weighted by atomic mass is 9.81. The molecule has 0 nitrogen and oxygen atoms in total. The molecule has 0 N–H and O–H groups in total. The van der Waals surface area contributed by atoms with Gasteiger partial charge in [0, 0.05) is 5.41 Å². The molecule has 0 heteroatoms. The van der Waals surface area contributed by atoms with Crippen LogP contribution in [0.15, 0.2) is 170 Å². The molecule has 0 unspecified atom stereocenters. The summed E-state index contributed by atoms with van der Waals surface area (Å²) in [5, 5.41) is 5.08. The van der Waals surface area contributed by atoms with Crippen LogP contribution < -0.4 is 0 Å². The average Bonchev–Trinajstić information content (AvgIpc) is 3.41. The summed E-state index contributed by atoms with van der Waals surface area (Å²) in [6.07, 6.45) is 8.79. The lowest BCUT2D eigenvalue weighted by Gasteiger charge is -2.22. The second-order valence-corrected chi connectivity index (χ2v) is 14.3. The van der Waals surface area contributed by atoms with Crippen LogP contribution in [0.25, 0.3) is 79.2 Å². The zero-order valence-corrected chi connectivity index (χ0v) is 29.0. The average molecular weight is 651 g/mol. The van der Waals surface area contributed by atoms with Crippen molar-refractivity contribution in [2.75, 3.05) is 0 Å². The first kappa shape index (κ1) is 30.8. The Kier molecular flexibility index (Phi) is 7.59. The molecule has 51 heavy (non-hydrogen) atoms. The minimum atomic E-state index is -0.0955. The smallest absolute Gasteiger partial charge is 0.0159 e. The van der Waals surface area contributed by atoms with E-state index in [1.165, 1.54) is 88.3 Å². The van der Waals surface area contributed by atoms with Crippen molar-refractivity contribution in [1.82, 2.24) is 0 Å². The van der Waals surface area contributed by atoms with Crippen molar-refractivity contribution < 1.29 is 0 Å². The van der Waals surface area contributed by atoms with Crippen molar-refractivity contribution in [1.29, 1.82) is 0 Å². The molecule has 0 fully saturated rings. The highest BCUT2D eigenvalue weighted by Crippen LogP contribution is 2.50. The monoisotopic (exact) mass is 650 g/mol. The van der Waals surface area contributed by atoms with Gasteiger partial charge in [-0.1, -0.05) is 184 Å². The largest absolute Gasteiger partial charge is 0.0616 e. The maximum absolute atomic E-state index is 2.41. The van der Waals surface area contributed by atoms with E-state index in [0.29, 0.717) is 0 Å². The quantitative estimate of drug-likeness (QED) is 0.157. The molecular formula is C51H38. The molecule has 0 aromatic heterocycles. The molecule has 1 aliphatic carbocycles. The fourth-order valence-corrected chi connectivity index (χ4v) is 7.68. The van der Waals surface area contributed by atoms with Crippen molar-refractivity contribution >= 4 is 45.8 Å². The highest BCUT2D eigenvalue weighted by atomic mass is 14.4. The van der Waals surface area contributed by atoms with Gasteiger partial charge in [0.15, 0.2) is 0 Å². The summed E-state index contributed by atoms with van der Waals surface area (Å²) >= 11 is 0. The molecule has 0 bridgehead atoms. The highest BCUT2D eigenvalue weighted by Gasteiger charge is 2.35. The molecule has 0 heterocycles. The summed E-state index contributed by atoms with van der Waals surface area (Å²) in [6.45, 7) is 4.74. The first-order valence-corrected chi connectivity index (χ1v) is 17.8. The molecule has 1 aliphatic rings. The van der Waals surface area contributed by atoms with Gasteiger partial charge in [0.25, 0.3) is 0 Å². The van der Waals surface area contributed by atoms with Crippen LogP contribution in [0.1, 0.15) is 47.2 Å². The van der Waals surface area contributed by atoms with E-state index in [1.807, 2.05) is 0 Å². The molecule has 0 saturated heterocycles. The van der Waals surface area contributed by atoms with Crippen LogP contribution in [-0.4, -0.2) is 0 Å². The van der Waals surface area contributed by atoms with E-state index in [-0.39, 0.29) is 5.41 Å². The minimum Gasteiger partial charge on any atom is -0.0616 e. The second kappa shape index (κ2) is 12.6. The number of benzene rings is 8. The zero-order valence-electron chi connectivity index (χ0n) is 29.0. The molecule has 0 atom stereocenters. The predicted octanol–water partition coefficient (Wildman–Crippen LogP) is 14.0. The molecule has 0 saturated carbocycles. The van der Waals surface area contributed by atoms with Gasteiger partial charge in [-0.25, -0.2) is 0 Å². The van der Waals surface area contributed by atoms with Crippen LogP contribution in [0.2, 0.25) is 0 Å². The summed E-state index contributed by atoms with van der Waals surface area (Å²) in [6, 6.07) is 62.1. The summed E-state index contributed by atoms with van der Waals surface area (Å²) in [5.74, 6) is 0. The van der Waals surface area contributed by atoms with E-state index < -0.39 is 0 Å². The fourth-order valence-electron chi connectivity index (χ4n) is 7.68. The molecule has 0 amide bonds. The van der Waals surface area contributed by atoms with Gasteiger partial charge < -0.3 is 0 Å². The summed E-state index contributed by atoms with van der Waals surface area (Å²) in [7, 11) is 0. The first-order chi connectivity index (χ1) is 25.0. The van der Waals surface area contributed by atoms with Gasteiger partial charge in [0.1, 0.15) is 0 Å². The molecule has 9 rings (SSSR count). The summed E-state index contributed by atoms with van der Waals surface area (Å²) < 4.78 is 0. The maximum atomic E-state index is 2.41. The topological polar surface area (TPSA) is 0 Å². The van der Waals surface area contributed by atoms with Crippen molar-refractivity contribution in [3.63, 3.8) is 0 Å². The van der Waals surface area contributed by atoms with Gasteiger partial charge in [-0.15, -0.1) is 0 Å². The normalized spacial score (nSPS) is 13.3. The second-order valence-electron chi connectivity index (χ2n) is 14.3. The number of hydrogen-bond donors (Lipinski definition) is 0. The van der Waals surface area contributed by atoms with E-state index in [4.69, 9.17) is 0 Å². The molecular weight excluding hydrogens is 613 g/mol. The number of rotatable bonds is 6. The predicted molar refractivity (Wildman–Crippen MR) is 221 cm³/mol. The SMILES string of the molecule is CC1(C)c2cc(-c3ccc(C=Cc4ccc5ccccc5c4)cc3)ccc2-c2ccc(-c3ccc(C=Cc4ccc5ccccc5c4)cc3)cc21. The van der Waals surface area contributed by atoms with E-state index in [9.17, 15) is 0 Å². The van der Waals surface area contributed by atoms with Crippen molar-refractivity contribution in [3.8, 4) is 33.4 Å². The van der Waals surface area contributed by atoms with E-state index >= 15 is 0 Å². The maximum Gasteiger partial charge on any atom is 0.0159 e.